The van der Waals surface area contributed by atoms with Gasteiger partial charge in [0, 0.05) is 30.8 Å². The largest absolute Gasteiger partial charge is 0.384 e. The Morgan fingerprint density at radius 2 is 2.00 bits per heavy atom. The number of nitrogens with one attached hydrogen (secondary N) is 1. The summed E-state index contributed by atoms with van der Waals surface area (Å²) < 4.78 is 6.28. The molecule has 1 N–H and O–H groups in total. The molecule has 0 aromatic heterocycles. The Balaban J connectivity index is 2.46. The van der Waals surface area contributed by atoms with E-state index >= 15 is 0 Å². The maximum Gasteiger partial charge on any atom is 0.0499 e. The highest BCUT2D eigenvalue weighted by Crippen LogP contribution is 2.22. The first-order valence-electron chi connectivity index (χ1n) is 5.62. The van der Waals surface area contributed by atoms with Crippen LogP contribution in [-0.2, 0) is 4.74 Å². The van der Waals surface area contributed by atoms with E-state index in [4.69, 9.17) is 4.74 Å². The van der Waals surface area contributed by atoms with Gasteiger partial charge in [-0.1, -0.05) is 41.1 Å². The van der Waals surface area contributed by atoms with Gasteiger partial charge < -0.3 is 10.1 Å². The zero-order valence-electron chi connectivity index (χ0n) is 10.2. The Morgan fingerprint density at radius 3 is 2.62 bits per heavy atom. The molecule has 2 unspecified atom stereocenters. The molecule has 2 nitrogen and oxygen atoms in total. The molecular weight excluding hydrogens is 266 g/mol. The monoisotopic (exact) mass is 285 g/mol. The summed E-state index contributed by atoms with van der Waals surface area (Å²) in [4.78, 5) is 0. The van der Waals surface area contributed by atoms with Crippen LogP contribution in [0.1, 0.15) is 25.5 Å². The van der Waals surface area contributed by atoms with E-state index in [0.717, 1.165) is 17.6 Å². The minimum Gasteiger partial charge on any atom is -0.384 e. The summed E-state index contributed by atoms with van der Waals surface area (Å²) in [6.45, 7) is 6.13. The van der Waals surface area contributed by atoms with Crippen molar-refractivity contribution in [2.24, 2.45) is 5.92 Å². The van der Waals surface area contributed by atoms with Crippen molar-refractivity contribution in [1.82, 2.24) is 5.32 Å². The van der Waals surface area contributed by atoms with Gasteiger partial charge in [-0.05, 0) is 24.5 Å². The van der Waals surface area contributed by atoms with Gasteiger partial charge in [0.1, 0.15) is 0 Å². The second-order valence-corrected chi connectivity index (χ2v) is 5.07. The molecule has 3 heteroatoms. The van der Waals surface area contributed by atoms with Crippen LogP contribution in [0, 0.1) is 5.92 Å². The second-order valence-electron chi connectivity index (χ2n) is 4.21. The van der Waals surface area contributed by atoms with E-state index in [9.17, 15) is 0 Å². The fraction of sp³-hybridized carbons (Fsp3) is 0.538. The Bertz CT molecular complexity index is 317. The molecule has 1 rings (SSSR count). The number of rotatable bonds is 6. The molecule has 0 saturated heterocycles. The standard InChI is InChI=1S/C13H20BrNO/c1-10(9-16-3)8-15-11(2)12-6-4-5-7-13(12)14/h4-7,10-11,15H,8-9H2,1-3H3. The van der Waals surface area contributed by atoms with Crippen molar-refractivity contribution < 1.29 is 4.74 Å². The normalized spacial score (nSPS) is 14.8. The summed E-state index contributed by atoms with van der Waals surface area (Å²) in [5.41, 5.74) is 1.30. The van der Waals surface area contributed by atoms with Gasteiger partial charge in [0.2, 0.25) is 0 Å². The summed E-state index contributed by atoms with van der Waals surface area (Å²) in [5, 5.41) is 3.51. The number of methoxy groups -OCH3 is 1. The van der Waals surface area contributed by atoms with Crippen LogP contribution < -0.4 is 5.32 Å². The van der Waals surface area contributed by atoms with Gasteiger partial charge in [-0.15, -0.1) is 0 Å². The minimum atomic E-state index is 0.356. The Labute approximate surface area is 107 Å². The van der Waals surface area contributed by atoms with E-state index < -0.39 is 0 Å². The molecule has 0 amide bonds. The number of halogens is 1. The first kappa shape index (κ1) is 13.7. The maximum absolute atomic E-state index is 5.12. The number of ether oxygens (including phenoxy) is 1. The molecule has 0 aliphatic heterocycles. The molecule has 0 aliphatic rings. The van der Waals surface area contributed by atoms with E-state index in [2.05, 4.69) is 53.3 Å². The Hall–Kier alpha value is -0.380. The van der Waals surface area contributed by atoms with Crippen LogP contribution >= 0.6 is 15.9 Å². The maximum atomic E-state index is 5.12. The van der Waals surface area contributed by atoms with E-state index in [0.29, 0.717) is 12.0 Å². The van der Waals surface area contributed by atoms with Crippen molar-refractivity contribution in [3.05, 3.63) is 34.3 Å². The molecule has 0 spiro atoms. The molecule has 0 radical (unpaired) electrons. The summed E-state index contributed by atoms with van der Waals surface area (Å²) in [5.74, 6) is 0.537. The fourth-order valence-corrected chi connectivity index (χ4v) is 2.29. The highest BCUT2D eigenvalue weighted by atomic mass is 79.9. The highest BCUT2D eigenvalue weighted by Gasteiger charge is 2.09. The van der Waals surface area contributed by atoms with E-state index in [-0.39, 0.29) is 0 Å². The second kappa shape index (κ2) is 7.05. The molecular formula is C13H20BrNO. The number of hydrogen-bond acceptors (Lipinski definition) is 2. The van der Waals surface area contributed by atoms with Crippen LogP contribution in [0.25, 0.3) is 0 Å². The van der Waals surface area contributed by atoms with E-state index in [1.807, 2.05) is 6.07 Å². The summed E-state index contributed by atoms with van der Waals surface area (Å²) in [6, 6.07) is 8.68. The predicted molar refractivity (Wildman–Crippen MR) is 71.6 cm³/mol. The zero-order valence-corrected chi connectivity index (χ0v) is 11.8. The van der Waals surface area contributed by atoms with Gasteiger partial charge in [-0.2, -0.15) is 0 Å². The SMILES string of the molecule is COCC(C)CNC(C)c1ccccc1Br. The van der Waals surface area contributed by atoms with E-state index in [1.54, 1.807) is 7.11 Å². The fourth-order valence-electron chi connectivity index (χ4n) is 1.66. The van der Waals surface area contributed by atoms with Crippen LogP contribution in [0.2, 0.25) is 0 Å². The van der Waals surface area contributed by atoms with Crippen molar-refractivity contribution in [3.63, 3.8) is 0 Å². The lowest BCUT2D eigenvalue weighted by atomic mass is 10.1. The van der Waals surface area contributed by atoms with Crippen LogP contribution in [0.15, 0.2) is 28.7 Å². The van der Waals surface area contributed by atoms with Crippen molar-refractivity contribution in [1.29, 1.82) is 0 Å². The van der Waals surface area contributed by atoms with Gasteiger partial charge in [0.15, 0.2) is 0 Å². The third-order valence-corrected chi connectivity index (χ3v) is 3.32. The van der Waals surface area contributed by atoms with Gasteiger partial charge >= 0.3 is 0 Å². The molecule has 1 aromatic rings. The third kappa shape index (κ3) is 4.24. The molecule has 0 heterocycles. The topological polar surface area (TPSA) is 21.3 Å². The van der Waals surface area contributed by atoms with Crippen LogP contribution in [0.5, 0.6) is 0 Å². The van der Waals surface area contributed by atoms with Crippen molar-refractivity contribution in [2.45, 2.75) is 19.9 Å². The van der Waals surface area contributed by atoms with Crippen LogP contribution in [0.4, 0.5) is 0 Å². The van der Waals surface area contributed by atoms with Gasteiger partial charge in [-0.3, -0.25) is 0 Å². The predicted octanol–water partition coefficient (Wildman–Crippen LogP) is 3.38. The smallest absolute Gasteiger partial charge is 0.0499 e. The van der Waals surface area contributed by atoms with Gasteiger partial charge in [0.25, 0.3) is 0 Å². The van der Waals surface area contributed by atoms with Crippen molar-refractivity contribution in [3.8, 4) is 0 Å². The molecule has 0 bridgehead atoms. The number of hydrogen-bond donors (Lipinski definition) is 1. The van der Waals surface area contributed by atoms with Gasteiger partial charge in [-0.25, -0.2) is 0 Å². The van der Waals surface area contributed by atoms with Gasteiger partial charge in [0.05, 0.1) is 0 Å². The molecule has 90 valence electrons. The summed E-state index contributed by atoms with van der Waals surface area (Å²) in [7, 11) is 1.74. The van der Waals surface area contributed by atoms with E-state index in [1.165, 1.54) is 5.56 Å². The summed E-state index contributed by atoms with van der Waals surface area (Å²) >= 11 is 3.57. The molecule has 0 fully saturated rings. The van der Waals surface area contributed by atoms with Crippen LogP contribution in [-0.4, -0.2) is 20.3 Å². The minimum absolute atomic E-state index is 0.356. The lowest BCUT2D eigenvalue weighted by Crippen LogP contribution is -2.26. The first-order chi connectivity index (χ1) is 7.65. The molecule has 0 saturated carbocycles. The average molecular weight is 286 g/mol. The van der Waals surface area contributed by atoms with Crippen LogP contribution in [0.3, 0.4) is 0 Å². The highest BCUT2D eigenvalue weighted by molar-refractivity contribution is 9.10. The number of benzene rings is 1. The quantitative estimate of drug-likeness (QED) is 0.865. The van der Waals surface area contributed by atoms with Crippen molar-refractivity contribution in [2.75, 3.05) is 20.3 Å². The molecule has 1 aromatic carbocycles. The molecule has 2 atom stereocenters. The molecule has 0 aliphatic carbocycles. The lowest BCUT2D eigenvalue weighted by molar-refractivity contribution is 0.157. The summed E-state index contributed by atoms with van der Waals surface area (Å²) in [6.07, 6.45) is 0. The zero-order chi connectivity index (χ0) is 12.0. The Morgan fingerprint density at radius 1 is 1.31 bits per heavy atom. The lowest BCUT2D eigenvalue weighted by Gasteiger charge is -2.18. The third-order valence-electron chi connectivity index (χ3n) is 2.60. The molecule has 16 heavy (non-hydrogen) atoms. The Kier molecular flexibility index (Phi) is 6.03. The average Bonchev–Trinajstić information content (AvgIpc) is 2.27. The van der Waals surface area contributed by atoms with Crippen molar-refractivity contribution >= 4 is 15.9 Å². The first-order valence-corrected chi connectivity index (χ1v) is 6.41.